The highest BCUT2D eigenvalue weighted by Crippen LogP contribution is 2.26. The molecule has 0 spiro atoms. The third kappa shape index (κ3) is 4.62. The van der Waals surface area contributed by atoms with Gasteiger partial charge in [-0.3, -0.25) is 0 Å². The van der Waals surface area contributed by atoms with Gasteiger partial charge in [0.2, 0.25) is 0 Å². The molecule has 0 bridgehead atoms. The van der Waals surface area contributed by atoms with E-state index in [1.54, 1.807) is 0 Å². The van der Waals surface area contributed by atoms with Crippen LogP contribution in [0.5, 0.6) is 5.75 Å². The maximum Gasteiger partial charge on any atom is 0.119 e. The molecular formula is C15H24BrNO. The highest BCUT2D eigenvalue weighted by atomic mass is 79.9. The summed E-state index contributed by atoms with van der Waals surface area (Å²) in [5.74, 6) is 0.948. The summed E-state index contributed by atoms with van der Waals surface area (Å²) in [7, 11) is 0. The molecule has 0 saturated heterocycles. The van der Waals surface area contributed by atoms with E-state index in [0.29, 0.717) is 6.61 Å². The fourth-order valence-corrected chi connectivity index (χ4v) is 1.90. The van der Waals surface area contributed by atoms with E-state index in [4.69, 9.17) is 4.74 Å². The maximum absolute atomic E-state index is 5.78. The van der Waals surface area contributed by atoms with Crippen molar-refractivity contribution in [1.82, 2.24) is 5.32 Å². The summed E-state index contributed by atoms with van der Waals surface area (Å²) in [5, 5.41) is 3.49. The zero-order valence-electron chi connectivity index (χ0n) is 12.1. The summed E-state index contributed by atoms with van der Waals surface area (Å²) in [6, 6.07) is 4.14. The molecule has 0 aliphatic carbocycles. The SMILES string of the molecule is CCC(C)(C)NCCOc1cc(C)c(Br)c(C)c1. The molecule has 0 heterocycles. The van der Waals surface area contributed by atoms with Crippen molar-refractivity contribution >= 4 is 15.9 Å². The summed E-state index contributed by atoms with van der Waals surface area (Å²) >= 11 is 3.56. The molecule has 0 saturated carbocycles. The third-order valence-corrected chi connectivity index (χ3v) is 4.52. The predicted molar refractivity (Wildman–Crippen MR) is 81.5 cm³/mol. The molecule has 102 valence electrons. The Balaban J connectivity index is 2.45. The number of rotatable bonds is 6. The monoisotopic (exact) mass is 313 g/mol. The molecule has 0 amide bonds. The van der Waals surface area contributed by atoms with Crippen molar-refractivity contribution in [3.05, 3.63) is 27.7 Å². The van der Waals surface area contributed by atoms with Gasteiger partial charge in [-0.1, -0.05) is 22.9 Å². The summed E-state index contributed by atoms with van der Waals surface area (Å²) in [6.07, 6.45) is 1.11. The van der Waals surface area contributed by atoms with Gasteiger partial charge < -0.3 is 10.1 Å². The van der Waals surface area contributed by atoms with E-state index in [9.17, 15) is 0 Å². The molecule has 0 unspecified atom stereocenters. The van der Waals surface area contributed by atoms with Crippen molar-refractivity contribution in [2.45, 2.75) is 46.6 Å². The van der Waals surface area contributed by atoms with Crippen LogP contribution in [0.15, 0.2) is 16.6 Å². The molecule has 1 N–H and O–H groups in total. The van der Waals surface area contributed by atoms with Gasteiger partial charge in [-0.2, -0.15) is 0 Å². The molecule has 1 aromatic rings. The molecule has 0 aliphatic heterocycles. The Morgan fingerprint density at radius 2 is 1.78 bits per heavy atom. The number of nitrogens with one attached hydrogen (secondary N) is 1. The molecule has 0 atom stereocenters. The van der Waals surface area contributed by atoms with Gasteiger partial charge in [-0.25, -0.2) is 0 Å². The zero-order valence-corrected chi connectivity index (χ0v) is 13.6. The van der Waals surface area contributed by atoms with E-state index in [1.165, 1.54) is 15.6 Å². The highest BCUT2D eigenvalue weighted by molar-refractivity contribution is 9.10. The maximum atomic E-state index is 5.78. The van der Waals surface area contributed by atoms with Crippen molar-refractivity contribution in [1.29, 1.82) is 0 Å². The van der Waals surface area contributed by atoms with Gasteiger partial charge in [0.25, 0.3) is 0 Å². The molecule has 2 nitrogen and oxygen atoms in total. The number of aryl methyl sites for hydroxylation is 2. The second kappa shape index (κ2) is 6.58. The largest absolute Gasteiger partial charge is 0.492 e. The molecular weight excluding hydrogens is 290 g/mol. The van der Waals surface area contributed by atoms with Crippen LogP contribution in [0.1, 0.15) is 38.3 Å². The number of halogens is 1. The van der Waals surface area contributed by atoms with Crippen LogP contribution in [0.3, 0.4) is 0 Å². The van der Waals surface area contributed by atoms with E-state index in [1.807, 2.05) is 0 Å². The quantitative estimate of drug-likeness (QED) is 0.794. The molecule has 0 aromatic heterocycles. The lowest BCUT2D eigenvalue weighted by atomic mass is 10.0. The first kappa shape index (κ1) is 15.5. The van der Waals surface area contributed by atoms with Crippen LogP contribution in [0.2, 0.25) is 0 Å². The molecule has 1 aromatic carbocycles. The van der Waals surface area contributed by atoms with Crippen molar-refractivity contribution in [3.8, 4) is 5.75 Å². The molecule has 0 fully saturated rings. The molecule has 1 rings (SSSR count). The summed E-state index contributed by atoms with van der Waals surface area (Å²) in [4.78, 5) is 0. The van der Waals surface area contributed by atoms with Gasteiger partial charge in [0.1, 0.15) is 12.4 Å². The van der Waals surface area contributed by atoms with Crippen LogP contribution >= 0.6 is 15.9 Å². The minimum Gasteiger partial charge on any atom is -0.492 e. The van der Waals surface area contributed by atoms with Gasteiger partial charge >= 0.3 is 0 Å². The van der Waals surface area contributed by atoms with Gasteiger partial charge in [-0.15, -0.1) is 0 Å². The van der Waals surface area contributed by atoms with Gasteiger partial charge in [0.05, 0.1) is 0 Å². The fourth-order valence-electron chi connectivity index (χ4n) is 1.67. The molecule has 3 heteroatoms. The first-order valence-corrected chi connectivity index (χ1v) is 7.29. The first-order chi connectivity index (χ1) is 8.35. The topological polar surface area (TPSA) is 21.3 Å². The van der Waals surface area contributed by atoms with E-state index in [-0.39, 0.29) is 5.54 Å². The van der Waals surface area contributed by atoms with E-state index in [2.05, 4.69) is 68.0 Å². The predicted octanol–water partition coefficient (Wildman–Crippen LogP) is 4.22. The number of hydrogen-bond acceptors (Lipinski definition) is 2. The van der Waals surface area contributed by atoms with Crippen molar-refractivity contribution < 1.29 is 4.74 Å². The smallest absolute Gasteiger partial charge is 0.119 e. The lowest BCUT2D eigenvalue weighted by Crippen LogP contribution is -2.40. The van der Waals surface area contributed by atoms with Crippen molar-refractivity contribution in [2.75, 3.05) is 13.2 Å². The van der Waals surface area contributed by atoms with Crippen molar-refractivity contribution in [3.63, 3.8) is 0 Å². The minimum absolute atomic E-state index is 0.189. The average Bonchev–Trinajstić information content (AvgIpc) is 2.31. The fraction of sp³-hybridized carbons (Fsp3) is 0.600. The summed E-state index contributed by atoms with van der Waals surface area (Å²) in [6.45, 7) is 12.3. The second-order valence-corrected chi connectivity index (χ2v) is 6.18. The molecule has 0 aliphatic rings. The Morgan fingerprint density at radius 3 is 2.28 bits per heavy atom. The number of benzene rings is 1. The second-order valence-electron chi connectivity index (χ2n) is 5.38. The highest BCUT2D eigenvalue weighted by Gasteiger charge is 2.12. The van der Waals surface area contributed by atoms with E-state index >= 15 is 0 Å². The third-order valence-electron chi connectivity index (χ3n) is 3.27. The zero-order chi connectivity index (χ0) is 13.8. The van der Waals surface area contributed by atoms with Crippen LogP contribution in [0.25, 0.3) is 0 Å². The van der Waals surface area contributed by atoms with Crippen LogP contribution in [0.4, 0.5) is 0 Å². The van der Waals surface area contributed by atoms with E-state index in [0.717, 1.165) is 18.7 Å². The van der Waals surface area contributed by atoms with Gasteiger partial charge in [0, 0.05) is 16.6 Å². The van der Waals surface area contributed by atoms with Crippen LogP contribution in [-0.4, -0.2) is 18.7 Å². The van der Waals surface area contributed by atoms with Crippen LogP contribution in [0, 0.1) is 13.8 Å². The Bertz CT molecular complexity index is 378. The Kier molecular flexibility index (Phi) is 5.67. The average molecular weight is 314 g/mol. The molecule has 18 heavy (non-hydrogen) atoms. The minimum atomic E-state index is 0.189. The lowest BCUT2D eigenvalue weighted by Gasteiger charge is -2.24. The first-order valence-electron chi connectivity index (χ1n) is 6.50. The lowest BCUT2D eigenvalue weighted by molar-refractivity contribution is 0.280. The van der Waals surface area contributed by atoms with Crippen LogP contribution in [-0.2, 0) is 0 Å². The van der Waals surface area contributed by atoms with Crippen molar-refractivity contribution in [2.24, 2.45) is 0 Å². The molecule has 0 radical (unpaired) electrons. The van der Waals surface area contributed by atoms with E-state index < -0.39 is 0 Å². The Hall–Kier alpha value is -0.540. The van der Waals surface area contributed by atoms with Gasteiger partial charge in [-0.05, 0) is 57.4 Å². The Labute approximate surface area is 119 Å². The summed E-state index contributed by atoms with van der Waals surface area (Å²) in [5.41, 5.74) is 2.62. The number of ether oxygens (including phenoxy) is 1. The summed E-state index contributed by atoms with van der Waals surface area (Å²) < 4.78 is 6.95. The standard InChI is InChI=1S/C15H24BrNO/c1-6-15(4,5)17-7-8-18-13-9-11(2)14(16)12(3)10-13/h9-10,17H,6-8H2,1-5H3. The van der Waals surface area contributed by atoms with Gasteiger partial charge in [0.15, 0.2) is 0 Å². The normalized spacial score (nSPS) is 11.7. The number of hydrogen-bond donors (Lipinski definition) is 1. The Morgan fingerprint density at radius 1 is 1.22 bits per heavy atom. The van der Waals surface area contributed by atoms with Crippen LogP contribution < -0.4 is 10.1 Å².